The molecule has 6 heteroatoms. The molecule has 0 bridgehead atoms. The monoisotopic (exact) mass is 463 g/mol. The summed E-state index contributed by atoms with van der Waals surface area (Å²) < 4.78 is 11.2. The van der Waals surface area contributed by atoms with Crippen LogP contribution in [0.4, 0.5) is 0 Å². The van der Waals surface area contributed by atoms with Gasteiger partial charge in [0.2, 0.25) is 0 Å². The first kappa shape index (κ1) is 24.0. The van der Waals surface area contributed by atoms with Crippen LogP contribution in [0.1, 0.15) is 45.2 Å². The number of rotatable bonds is 9. The summed E-state index contributed by atoms with van der Waals surface area (Å²) in [6.07, 6.45) is 1.20. The highest BCUT2D eigenvalue weighted by atomic mass is 127. The minimum atomic E-state index is 0. The van der Waals surface area contributed by atoms with Crippen LogP contribution >= 0.6 is 24.0 Å². The number of hydrogen-bond acceptors (Lipinski definition) is 3. The molecule has 0 aliphatic rings. The molecular formula is C19H34IN3O2. The number of nitrogens with two attached hydrogens (primary N) is 1. The zero-order valence-electron chi connectivity index (χ0n) is 16.3. The minimum Gasteiger partial charge on any atom is -0.490 e. The van der Waals surface area contributed by atoms with Crippen LogP contribution in [0.5, 0.6) is 5.75 Å². The van der Waals surface area contributed by atoms with Crippen LogP contribution in [0, 0.1) is 12.8 Å². The average Bonchev–Trinajstić information content (AvgIpc) is 2.45. The standard InChI is InChI=1S/C19H33N3O2.HI/c1-13(2)9-16(5)24-18-10-14(3)7-8-17(18)11-21-19(20)22-15(4)12-23-6;/h7-8,10,13,15-16H,9,11-12H2,1-6H3,(H3,20,21,22);1H. The van der Waals surface area contributed by atoms with Crippen molar-refractivity contribution >= 4 is 29.9 Å². The Hall–Kier alpha value is -1.02. The molecule has 2 atom stereocenters. The molecular weight excluding hydrogens is 429 g/mol. The molecule has 0 saturated carbocycles. The molecule has 0 fully saturated rings. The lowest BCUT2D eigenvalue weighted by Crippen LogP contribution is -2.40. The summed E-state index contributed by atoms with van der Waals surface area (Å²) in [6, 6.07) is 6.32. The fourth-order valence-electron chi connectivity index (χ4n) is 2.59. The maximum Gasteiger partial charge on any atom is 0.189 e. The van der Waals surface area contributed by atoms with Crippen molar-refractivity contribution in [3.05, 3.63) is 29.3 Å². The molecule has 0 aromatic heterocycles. The van der Waals surface area contributed by atoms with Crippen LogP contribution in [-0.2, 0) is 11.3 Å². The Bertz CT molecular complexity index is 535. The van der Waals surface area contributed by atoms with Gasteiger partial charge in [-0.15, -0.1) is 24.0 Å². The molecule has 1 rings (SSSR count). The highest BCUT2D eigenvalue weighted by Gasteiger charge is 2.11. The van der Waals surface area contributed by atoms with Gasteiger partial charge in [0.1, 0.15) is 5.75 Å². The number of halogens is 1. The van der Waals surface area contributed by atoms with Crippen LogP contribution < -0.4 is 15.8 Å². The van der Waals surface area contributed by atoms with E-state index in [2.05, 4.69) is 56.2 Å². The van der Waals surface area contributed by atoms with Crippen LogP contribution in [0.2, 0.25) is 0 Å². The Morgan fingerprint density at radius 1 is 1.24 bits per heavy atom. The maximum absolute atomic E-state index is 6.14. The number of aliphatic imine (C=N–C) groups is 1. The SMILES string of the molecule is COCC(C)NC(N)=NCc1ccc(C)cc1OC(C)CC(C)C.I. The van der Waals surface area contributed by atoms with E-state index in [-0.39, 0.29) is 36.1 Å². The number of guanidine groups is 1. The largest absolute Gasteiger partial charge is 0.490 e. The smallest absolute Gasteiger partial charge is 0.189 e. The van der Waals surface area contributed by atoms with Gasteiger partial charge in [-0.25, -0.2) is 4.99 Å². The number of ether oxygens (including phenoxy) is 2. The number of hydrogen-bond donors (Lipinski definition) is 2. The van der Waals surface area contributed by atoms with E-state index in [0.29, 0.717) is 25.0 Å². The molecule has 144 valence electrons. The van der Waals surface area contributed by atoms with E-state index in [0.717, 1.165) is 17.7 Å². The van der Waals surface area contributed by atoms with Crippen LogP contribution in [0.15, 0.2) is 23.2 Å². The molecule has 3 N–H and O–H groups in total. The first-order valence-electron chi connectivity index (χ1n) is 8.63. The van der Waals surface area contributed by atoms with Gasteiger partial charge >= 0.3 is 0 Å². The number of methoxy groups -OCH3 is 1. The van der Waals surface area contributed by atoms with E-state index >= 15 is 0 Å². The summed E-state index contributed by atoms with van der Waals surface area (Å²) in [5.41, 5.74) is 8.16. The fraction of sp³-hybridized carbons (Fsp3) is 0.632. The third-order valence-corrected chi connectivity index (χ3v) is 3.58. The molecule has 0 amide bonds. The third-order valence-electron chi connectivity index (χ3n) is 3.58. The van der Waals surface area contributed by atoms with Crippen LogP contribution in [0.25, 0.3) is 0 Å². The van der Waals surface area contributed by atoms with Crippen molar-refractivity contribution in [3.63, 3.8) is 0 Å². The summed E-state index contributed by atoms with van der Waals surface area (Å²) in [4.78, 5) is 4.42. The molecule has 2 unspecified atom stereocenters. The van der Waals surface area contributed by atoms with E-state index in [1.165, 1.54) is 5.56 Å². The van der Waals surface area contributed by atoms with Crippen LogP contribution in [0.3, 0.4) is 0 Å². The first-order chi connectivity index (χ1) is 11.3. The molecule has 0 radical (unpaired) electrons. The number of aryl methyl sites for hydroxylation is 1. The molecule has 1 aromatic rings. The zero-order chi connectivity index (χ0) is 18.1. The van der Waals surface area contributed by atoms with Gasteiger partial charge in [-0.05, 0) is 44.7 Å². The molecule has 0 aliphatic heterocycles. The van der Waals surface area contributed by atoms with Gasteiger partial charge in [0.25, 0.3) is 0 Å². The van der Waals surface area contributed by atoms with Gasteiger partial charge in [0, 0.05) is 18.7 Å². The summed E-state index contributed by atoms with van der Waals surface area (Å²) in [6.45, 7) is 11.7. The van der Waals surface area contributed by atoms with E-state index < -0.39 is 0 Å². The third kappa shape index (κ3) is 9.89. The van der Waals surface area contributed by atoms with Crippen molar-refractivity contribution in [2.75, 3.05) is 13.7 Å². The maximum atomic E-state index is 6.14. The quantitative estimate of drug-likeness (QED) is 0.332. The number of nitrogens with one attached hydrogen (secondary N) is 1. The van der Waals surface area contributed by atoms with Crippen molar-refractivity contribution in [3.8, 4) is 5.75 Å². The summed E-state index contributed by atoms with van der Waals surface area (Å²) in [5.74, 6) is 1.92. The number of nitrogens with zero attached hydrogens (tertiary/aromatic N) is 1. The Morgan fingerprint density at radius 2 is 1.92 bits per heavy atom. The molecule has 5 nitrogen and oxygen atoms in total. The second-order valence-electron chi connectivity index (χ2n) is 6.87. The molecule has 0 spiro atoms. The Morgan fingerprint density at radius 3 is 2.52 bits per heavy atom. The normalized spacial score (nSPS) is 14.0. The lowest BCUT2D eigenvalue weighted by atomic mass is 10.1. The van der Waals surface area contributed by atoms with Gasteiger partial charge in [0.05, 0.1) is 19.3 Å². The second kappa shape index (κ2) is 12.4. The van der Waals surface area contributed by atoms with Gasteiger partial charge in [-0.1, -0.05) is 26.0 Å². The van der Waals surface area contributed by atoms with Gasteiger partial charge in [-0.2, -0.15) is 0 Å². The second-order valence-corrected chi connectivity index (χ2v) is 6.87. The van der Waals surface area contributed by atoms with Crippen molar-refractivity contribution in [1.82, 2.24) is 5.32 Å². The molecule has 25 heavy (non-hydrogen) atoms. The van der Waals surface area contributed by atoms with Crippen molar-refractivity contribution in [2.45, 2.75) is 59.7 Å². The Kier molecular flexibility index (Phi) is 11.8. The highest BCUT2D eigenvalue weighted by Crippen LogP contribution is 2.24. The lowest BCUT2D eigenvalue weighted by Gasteiger charge is -2.19. The van der Waals surface area contributed by atoms with Crippen molar-refractivity contribution in [2.24, 2.45) is 16.6 Å². The van der Waals surface area contributed by atoms with E-state index in [4.69, 9.17) is 15.2 Å². The zero-order valence-corrected chi connectivity index (χ0v) is 18.7. The Balaban J connectivity index is 0.00000576. The lowest BCUT2D eigenvalue weighted by molar-refractivity contribution is 0.179. The van der Waals surface area contributed by atoms with Gasteiger partial charge < -0.3 is 20.5 Å². The van der Waals surface area contributed by atoms with E-state index in [1.807, 2.05) is 6.92 Å². The molecule has 0 saturated heterocycles. The van der Waals surface area contributed by atoms with Crippen molar-refractivity contribution in [1.29, 1.82) is 0 Å². The number of benzene rings is 1. The van der Waals surface area contributed by atoms with E-state index in [1.54, 1.807) is 7.11 Å². The Labute approximate surface area is 169 Å². The predicted molar refractivity (Wildman–Crippen MR) is 116 cm³/mol. The van der Waals surface area contributed by atoms with E-state index in [9.17, 15) is 0 Å². The summed E-state index contributed by atoms with van der Waals surface area (Å²) in [5, 5.41) is 3.11. The van der Waals surface area contributed by atoms with Gasteiger partial charge in [0.15, 0.2) is 5.96 Å². The predicted octanol–water partition coefficient (Wildman–Crippen LogP) is 3.87. The summed E-state index contributed by atoms with van der Waals surface area (Å²) >= 11 is 0. The fourth-order valence-corrected chi connectivity index (χ4v) is 2.59. The topological polar surface area (TPSA) is 68.9 Å². The summed E-state index contributed by atoms with van der Waals surface area (Å²) in [7, 11) is 1.67. The molecule has 0 heterocycles. The highest BCUT2D eigenvalue weighted by molar-refractivity contribution is 14.0. The first-order valence-corrected chi connectivity index (χ1v) is 8.63. The minimum absolute atomic E-state index is 0. The average molecular weight is 463 g/mol. The molecule has 1 aromatic carbocycles. The molecule has 0 aliphatic carbocycles. The van der Waals surface area contributed by atoms with Crippen LogP contribution in [-0.4, -0.2) is 31.8 Å². The van der Waals surface area contributed by atoms with Gasteiger partial charge in [-0.3, -0.25) is 0 Å². The van der Waals surface area contributed by atoms with Crippen molar-refractivity contribution < 1.29 is 9.47 Å².